The molecule has 3 heterocycles. The van der Waals surface area contributed by atoms with E-state index >= 15 is 0 Å². The van der Waals surface area contributed by atoms with Gasteiger partial charge in [0.05, 0.1) is 16.6 Å². The molecular weight excluding hydrogens is 678 g/mol. The molecule has 40 heavy (non-hydrogen) atoms. The van der Waals surface area contributed by atoms with Crippen molar-refractivity contribution in [1.82, 2.24) is 4.57 Å². The molecule has 4 aromatic rings. The molecular formula is C29H21Br2N3O4S2. The van der Waals surface area contributed by atoms with E-state index < -0.39 is 17.1 Å². The van der Waals surface area contributed by atoms with E-state index in [0.717, 1.165) is 31.4 Å². The lowest BCUT2D eigenvalue weighted by Gasteiger charge is -2.30. The lowest BCUT2D eigenvalue weighted by Crippen LogP contribution is -2.33. The molecule has 202 valence electrons. The molecule has 1 N–H and O–H groups in total. The summed E-state index contributed by atoms with van der Waals surface area (Å²) in [5.74, 6) is -2.20. The molecule has 0 saturated carbocycles. The second-order valence-electron chi connectivity index (χ2n) is 9.63. The molecule has 3 aromatic carbocycles. The molecule has 0 aliphatic carbocycles. The summed E-state index contributed by atoms with van der Waals surface area (Å²) in [7, 11) is 0. The van der Waals surface area contributed by atoms with E-state index in [9.17, 15) is 19.2 Å². The molecule has 0 radical (unpaired) electrons. The number of imide groups is 1. The fourth-order valence-electron chi connectivity index (χ4n) is 5.23. The number of hydrogen-bond donors (Lipinski definition) is 1. The van der Waals surface area contributed by atoms with Crippen LogP contribution in [0.1, 0.15) is 21.9 Å². The lowest BCUT2D eigenvalue weighted by molar-refractivity contribution is -0.122. The van der Waals surface area contributed by atoms with Crippen LogP contribution in [0.2, 0.25) is 0 Å². The third-order valence-electron chi connectivity index (χ3n) is 6.95. The minimum Gasteiger partial charge on any atom is -0.325 e. The van der Waals surface area contributed by atoms with Gasteiger partial charge in [-0.1, -0.05) is 79.2 Å². The summed E-state index contributed by atoms with van der Waals surface area (Å²) < 4.78 is 3.09. The topological polar surface area (TPSA) is 88.5 Å². The predicted molar refractivity (Wildman–Crippen MR) is 164 cm³/mol. The van der Waals surface area contributed by atoms with Crippen LogP contribution in [0.4, 0.5) is 11.4 Å². The van der Waals surface area contributed by atoms with Crippen LogP contribution in [-0.4, -0.2) is 27.5 Å². The molecule has 3 atom stereocenters. The fraction of sp³-hybridized carbons (Fsp3) is 0.172. The van der Waals surface area contributed by atoms with Crippen molar-refractivity contribution in [3.63, 3.8) is 0 Å². The van der Waals surface area contributed by atoms with Crippen molar-refractivity contribution in [3.8, 4) is 0 Å². The number of aryl methyl sites for hydroxylation is 1. The minimum atomic E-state index is -0.743. The van der Waals surface area contributed by atoms with Gasteiger partial charge >= 0.3 is 4.87 Å². The number of hydrogen-bond acceptors (Lipinski definition) is 6. The predicted octanol–water partition coefficient (Wildman–Crippen LogP) is 6.18. The number of fused-ring (bicyclic) bond motifs is 2. The highest BCUT2D eigenvalue weighted by Gasteiger charge is 2.56. The highest BCUT2D eigenvalue weighted by atomic mass is 79.9. The molecule has 1 saturated heterocycles. The van der Waals surface area contributed by atoms with E-state index in [0.29, 0.717) is 21.3 Å². The summed E-state index contributed by atoms with van der Waals surface area (Å²) in [6.07, 6.45) is 0. The van der Waals surface area contributed by atoms with Crippen LogP contribution in [0.3, 0.4) is 0 Å². The van der Waals surface area contributed by atoms with Crippen molar-refractivity contribution < 1.29 is 14.4 Å². The minimum absolute atomic E-state index is 0.202. The molecule has 1 aromatic heterocycles. The quantitative estimate of drug-likeness (QED) is 0.252. The Morgan fingerprint density at radius 2 is 1.68 bits per heavy atom. The van der Waals surface area contributed by atoms with Gasteiger partial charge in [-0.3, -0.25) is 23.7 Å². The molecule has 11 heteroatoms. The van der Waals surface area contributed by atoms with E-state index in [1.807, 2.05) is 49.4 Å². The van der Waals surface area contributed by atoms with E-state index in [4.69, 9.17) is 0 Å². The summed E-state index contributed by atoms with van der Waals surface area (Å²) in [5, 5.41) is 2.67. The molecule has 2 aliphatic heterocycles. The Morgan fingerprint density at radius 3 is 2.40 bits per heavy atom. The van der Waals surface area contributed by atoms with Crippen LogP contribution in [0, 0.1) is 12.8 Å². The zero-order valence-electron chi connectivity index (χ0n) is 21.0. The number of carbonyl (C=O) groups excluding carboxylic acids is 3. The van der Waals surface area contributed by atoms with Crippen LogP contribution in [0.15, 0.2) is 91.6 Å². The van der Waals surface area contributed by atoms with E-state index in [1.165, 1.54) is 21.2 Å². The van der Waals surface area contributed by atoms with Crippen LogP contribution in [0.5, 0.6) is 0 Å². The number of amides is 3. The molecule has 2 aliphatic rings. The van der Waals surface area contributed by atoms with Gasteiger partial charge in [-0.15, -0.1) is 0 Å². The summed E-state index contributed by atoms with van der Waals surface area (Å²) >= 11 is 9.16. The van der Waals surface area contributed by atoms with Gasteiger partial charge in [0, 0.05) is 25.4 Å². The van der Waals surface area contributed by atoms with Crippen LogP contribution in [-0.2, 0) is 20.9 Å². The second-order valence-corrected chi connectivity index (χ2v) is 13.6. The van der Waals surface area contributed by atoms with Gasteiger partial charge < -0.3 is 5.32 Å². The van der Waals surface area contributed by atoms with Gasteiger partial charge in [-0.25, -0.2) is 4.90 Å². The molecule has 0 unspecified atom stereocenters. The molecule has 6 rings (SSSR count). The van der Waals surface area contributed by atoms with Crippen LogP contribution >= 0.6 is 55.0 Å². The number of rotatable bonds is 5. The zero-order chi connectivity index (χ0) is 28.1. The number of thiazole rings is 1. The first-order chi connectivity index (χ1) is 19.2. The Balaban J connectivity index is 1.41. The number of anilines is 2. The molecule has 0 bridgehead atoms. The first-order valence-electron chi connectivity index (χ1n) is 12.4. The van der Waals surface area contributed by atoms with Gasteiger partial charge in [0.25, 0.3) is 0 Å². The highest BCUT2D eigenvalue weighted by molar-refractivity contribution is 9.10. The number of nitrogens with one attached hydrogen (secondary N) is 1. The average molecular weight is 699 g/mol. The third kappa shape index (κ3) is 4.89. The Hall–Kier alpha value is -2.99. The molecule has 3 amide bonds. The third-order valence-corrected chi connectivity index (χ3v) is 10.6. The zero-order valence-corrected chi connectivity index (χ0v) is 25.8. The number of carbonyl (C=O) groups is 3. The second kappa shape index (κ2) is 10.8. The molecule has 0 spiro atoms. The van der Waals surface area contributed by atoms with Gasteiger partial charge in [-0.05, 0) is 66.6 Å². The van der Waals surface area contributed by atoms with Crippen molar-refractivity contribution in [3.05, 3.63) is 107 Å². The van der Waals surface area contributed by atoms with E-state index in [-0.39, 0.29) is 29.1 Å². The summed E-state index contributed by atoms with van der Waals surface area (Å²) in [5.41, 5.74) is 2.96. The Kier molecular flexibility index (Phi) is 7.32. The van der Waals surface area contributed by atoms with E-state index in [1.54, 1.807) is 30.3 Å². The first kappa shape index (κ1) is 27.2. The maximum atomic E-state index is 13.9. The molecule has 1 fully saturated rings. The maximum absolute atomic E-state index is 13.9. The van der Waals surface area contributed by atoms with E-state index in [2.05, 4.69) is 37.2 Å². The summed E-state index contributed by atoms with van der Waals surface area (Å²) in [6, 6.07) is 22.1. The monoisotopic (exact) mass is 697 g/mol. The lowest BCUT2D eigenvalue weighted by atomic mass is 9.83. The normalized spacial score (nSPS) is 19.9. The first-order valence-corrected chi connectivity index (χ1v) is 15.6. The largest absolute Gasteiger partial charge is 0.325 e. The van der Waals surface area contributed by atoms with Gasteiger partial charge in [0.2, 0.25) is 17.7 Å². The Labute approximate surface area is 254 Å². The molecule has 7 nitrogen and oxygen atoms in total. The van der Waals surface area contributed by atoms with Crippen molar-refractivity contribution in [2.24, 2.45) is 5.92 Å². The van der Waals surface area contributed by atoms with Crippen molar-refractivity contribution in [2.45, 2.75) is 29.7 Å². The Morgan fingerprint density at radius 1 is 0.925 bits per heavy atom. The highest BCUT2D eigenvalue weighted by Crippen LogP contribution is 2.54. The number of thioether (sulfide) groups is 1. The number of benzene rings is 3. The summed E-state index contributed by atoms with van der Waals surface area (Å²) in [6.45, 7) is 1.73. The van der Waals surface area contributed by atoms with Crippen LogP contribution < -0.4 is 15.1 Å². The van der Waals surface area contributed by atoms with Crippen molar-refractivity contribution >= 4 is 84.1 Å². The van der Waals surface area contributed by atoms with Gasteiger partial charge in [-0.2, -0.15) is 0 Å². The average Bonchev–Trinajstić information content (AvgIpc) is 3.35. The smallest absolute Gasteiger partial charge is 0.308 e. The van der Waals surface area contributed by atoms with Gasteiger partial charge in [0.1, 0.15) is 11.8 Å². The van der Waals surface area contributed by atoms with Gasteiger partial charge in [0.15, 0.2) is 0 Å². The fourth-order valence-corrected chi connectivity index (χ4v) is 8.68. The maximum Gasteiger partial charge on any atom is 0.308 e. The summed E-state index contributed by atoms with van der Waals surface area (Å²) in [4.78, 5) is 55.7. The van der Waals surface area contributed by atoms with Crippen molar-refractivity contribution in [2.75, 3.05) is 10.2 Å². The van der Waals surface area contributed by atoms with Crippen molar-refractivity contribution in [1.29, 1.82) is 0 Å². The standard InChI is InChI=1S/C29H21Br2N3O4S2/c1-15-4-2-7-19(12-15)32-21(35)14-33-28-25(40-29(33)38)22(16-5-3-6-18(31)13-16)23-24(39-28)27(37)34(26(23)36)20-10-8-17(30)9-11-20/h2-13,22-24H,14H2,1H3,(H,32,35)/t22-,23-,24+/m0/s1. The number of nitrogens with zero attached hydrogens (tertiary/aromatic N) is 2. The number of halogens is 2. The number of aromatic nitrogens is 1. The Bertz CT molecular complexity index is 1730. The van der Waals surface area contributed by atoms with Crippen LogP contribution in [0.25, 0.3) is 0 Å². The SMILES string of the molecule is Cc1cccc(NC(=O)Cn2c3c(sc2=O)[C@@H](c2cccc(Br)c2)[C@@H]2C(=O)N(c4ccc(Br)cc4)C(=O)[C@@H]2S3)c1.